The molecule has 0 bridgehead atoms. The van der Waals surface area contributed by atoms with Gasteiger partial charge in [0.05, 0.1) is 5.02 Å². The number of hydrogen-bond acceptors (Lipinski definition) is 4. The van der Waals surface area contributed by atoms with Crippen LogP contribution in [-0.4, -0.2) is 60.4 Å². The van der Waals surface area contributed by atoms with Gasteiger partial charge in [0.25, 0.3) is 5.91 Å². The third kappa shape index (κ3) is 7.22. The molecule has 3 aromatic rings. The van der Waals surface area contributed by atoms with Gasteiger partial charge < -0.3 is 19.4 Å². The summed E-state index contributed by atoms with van der Waals surface area (Å²) in [6, 6.07) is 18.4. The minimum absolute atomic E-state index is 0.0629. The summed E-state index contributed by atoms with van der Waals surface area (Å²) in [5, 5.41) is 0.119. The monoisotopic (exact) mass is 605 g/mol. The molecule has 0 saturated heterocycles. The Morgan fingerprint density at radius 1 is 1.00 bits per heavy atom. The standard InChI is InChI=1S/C35H41ClFN3O3/c1-24(2)19-32(41)40-16-8-15-38(4)17-18-39(23-27-9-5-6-12-30(27)40)34(42)25-13-14-31-28(20-25)22-35(3,43-31)21-26-10-7-11-29(37)33(26)36/h5-7,9-14,20,24H,8,15-19,21-23H2,1-4H3. The van der Waals surface area contributed by atoms with E-state index in [1.165, 1.54) is 6.07 Å². The number of fused-ring (bicyclic) bond motifs is 2. The number of nitrogens with zero attached hydrogens (tertiary/aromatic N) is 3. The Kier molecular flexibility index (Phi) is 9.42. The molecule has 2 aliphatic heterocycles. The molecule has 1 unspecified atom stereocenters. The quantitative estimate of drug-likeness (QED) is 0.322. The van der Waals surface area contributed by atoms with Gasteiger partial charge in [-0.3, -0.25) is 9.59 Å². The van der Waals surface area contributed by atoms with E-state index in [2.05, 4.69) is 25.8 Å². The van der Waals surface area contributed by atoms with Crippen molar-refractivity contribution in [1.29, 1.82) is 0 Å². The van der Waals surface area contributed by atoms with Gasteiger partial charge in [-0.05, 0) is 79.9 Å². The van der Waals surface area contributed by atoms with E-state index in [4.69, 9.17) is 16.3 Å². The van der Waals surface area contributed by atoms with E-state index in [9.17, 15) is 14.0 Å². The molecule has 0 aromatic heterocycles. The Labute approximate surface area is 259 Å². The SMILES string of the molecule is CC(C)CC(=O)N1CCCN(C)CCN(C(=O)c2ccc3c(c2)CC(C)(Cc2cccc(F)c2Cl)O3)Cc2ccccc21. The van der Waals surface area contributed by atoms with Crippen molar-refractivity contribution in [2.45, 2.75) is 58.6 Å². The van der Waals surface area contributed by atoms with Crippen LogP contribution >= 0.6 is 11.6 Å². The highest BCUT2D eigenvalue weighted by Crippen LogP contribution is 2.39. The molecule has 0 radical (unpaired) electrons. The van der Waals surface area contributed by atoms with Crippen LogP contribution < -0.4 is 9.64 Å². The number of ether oxygens (including phenoxy) is 1. The predicted molar refractivity (Wildman–Crippen MR) is 169 cm³/mol. The number of halogens is 2. The first kappa shape index (κ1) is 31.0. The van der Waals surface area contributed by atoms with Gasteiger partial charge >= 0.3 is 0 Å². The van der Waals surface area contributed by atoms with E-state index in [0.29, 0.717) is 50.0 Å². The third-order valence-corrected chi connectivity index (χ3v) is 8.74. The molecular weight excluding hydrogens is 565 g/mol. The van der Waals surface area contributed by atoms with Crippen molar-refractivity contribution in [3.8, 4) is 5.75 Å². The van der Waals surface area contributed by atoms with E-state index in [-0.39, 0.29) is 22.8 Å². The molecule has 3 aromatic carbocycles. The molecule has 1 atom stereocenters. The first-order valence-corrected chi connectivity index (χ1v) is 15.5. The van der Waals surface area contributed by atoms with Crippen LogP contribution in [0.15, 0.2) is 60.7 Å². The van der Waals surface area contributed by atoms with Crippen molar-refractivity contribution >= 4 is 29.1 Å². The Balaban J connectivity index is 1.40. The lowest BCUT2D eigenvalue weighted by Gasteiger charge is -2.28. The fourth-order valence-corrected chi connectivity index (χ4v) is 6.32. The highest BCUT2D eigenvalue weighted by Gasteiger charge is 2.36. The van der Waals surface area contributed by atoms with E-state index in [1.807, 2.05) is 65.3 Å². The predicted octanol–water partition coefficient (Wildman–Crippen LogP) is 6.77. The number of para-hydroxylation sites is 1. The van der Waals surface area contributed by atoms with E-state index >= 15 is 0 Å². The molecule has 2 amide bonds. The molecule has 43 heavy (non-hydrogen) atoms. The molecule has 2 aliphatic rings. The fraction of sp³-hybridized carbons (Fsp3) is 0.429. The van der Waals surface area contributed by atoms with Crippen LogP contribution in [0.4, 0.5) is 10.1 Å². The van der Waals surface area contributed by atoms with Gasteiger partial charge in [0.15, 0.2) is 0 Å². The fourth-order valence-electron chi connectivity index (χ4n) is 6.13. The van der Waals surface area contributed by atoms with Crippen molar-refractivity contribution in [1.82, 2.24) is 9.80 Å². The highest BCUT2D eigenvalue weighted by molar-refractivity contribution is 6.31. The maximum absolute atomic E-state index is 14.1. The Hall–Kier alpha value is -3.42. The van der Waals surface area contributed by atoms with Crippen LogP contribution in [-0.2, 0) is 24.2 Å². The molecular formula is C35H41ClFN3O3. The number of carbonyl (C=O) groups excluding carboxylic acids is 2. The lowest BCUT2D eigenvalue weighted by molar-refractivity contribution is -0.119. The molecule has 0 saturated carbocycles. The average molecular weight is 606 g/mol. The second kappa shape index (κ2) is 13.1. The normalized spacial score (nSPS) is 19.4. The molecule has 0 fully saturated rings. The summed E-state index contributed by atoms with van der Waals surface area (Å²) in [5.74, 6) is 0.597. The average Bonchev–Trinajstić information content (AvgIpc) is 3.28. The second-order valence-electron chi connectivity index (χ2n) is 12.6. The lowest BCUT2D eigenvalue weighted by Crippen LogP contribution is -2.37. The van der Waals surface area contributed by atoms with E-state index in [0.717, 1.165) is 42.1 Å². The Morgan fingerprint density at radius 2 is 1.79 bits per heavy atom. The molecule has 6 nitrogen and oxygen atoms in total. The van der Waals surface area contributed by atoms with Gasteiger partial charge in [-0.25, -0.2) is 4.39 Å². The van der Waals surface area contributed by atoms with Crippen molar-refractivity contribution < 1.29 is 18.7 Å². The van der Waals surface area contributed by atoms with Gasteiger partial charge in [-0.1, -0.05) is 55.8 Å². The van der Waals surface area contributed by atoms with Gasteiger partial charge in [-0.15, -0.1) is 0 Å². The summed E-state index contributed by atoms with van der Waals surface area (Å²) in [4.78, 5) is 33.5. The summed E-state index contributed by atoms with van der Waals surface area (Å²) in [6.45, 7) is 9.28. The largest absolute Gasteiger partial charge is 0.487 e. The van der Waals surface area contributed by atoms with Crippen LogP contribution in [0.1, 0.15) is 60.7 Å². The molecule has 0 aliphatic carbocycles. The third-order valence-electron chi connectivity index (χ3n) is 8.31. The highest BCUT2D eigenvalue weighted by atomic mass is 35.5. The first-order chi connectivity index (χ1) is 20.5. The maximum Gasteiger partial charge on any atom is 0.254 e. The second-order valence-corrected chi connectivity index (χ2v) is 13.0. The number of amides is 2. The topological polar surface area (TPSA) is 53.1 Å². The number of likely N-dealkylation sites (N-methyl/N-ethyl adjacent to an activating group) is 1. The number of benzene rings is 3. The van der Waals surface area contributed by atoms with Crippen molar-refractivity contribution in [2.75, 3.05) is 38.1 Å². The molecule has 228 valence electrons. The smallest absolute Gasteiger partial charge is 0.254 e. The number of anilines is 1. The van der Waals surface area contributed by atoms with Crippen LogP contribution in [0.3, 0.4) is 0 Å². The molecule has 2 heterocycles. The zero-order valence-electron chi connectivity index (χ0n) is 25.5. The maximum atomic E-state index is 14.1. The number of hydrogen-bond donors (Lipinski definition) is 0. The lowest BCUT2D eigenvalue weighted by atomic mass is 9.91. The van der Waals surface area contributed by atoms with Crippen molar-refractivity contribution in [3.05, 3.63) is 93.8 Å². The van der Waals surface area contributed by atoms with Crippen LogP contribution in [0, 0.1) is 11.7 Å². The Bertz CT molecular complexity index is 1490. The summed E-state index contributed by atoms with van der Waals surface area (Å²) >= 11 is 6.24. The zero-order valence-corrected chi connectivity index (χ0v) is 26.3. The molecule has 5 rings (SSSR count). The van der Waals surface area contributed by atoms with Crippen molar-refractivity contribution in [2.24, 2.45) is 5.92 Å². The van der Waals surface area contributed by atoms with Crippen LogP contribution in [0.25, 0.3) is 0 Å². The van der Waals surface area contributed by atoms with E-state index in [1.54, 1.807) is 6.07 Å². The number of rotatable bonds is 5. The molecule has 0 spiro atoms. The summed E-state index contributed by atoms with van der Waals surface area (Å²) < 4.78 is 20.4. The minimum atomic E-state index is -0.607. The first-order valence-electron chi connectivity index (χ1n) is 15.1. The van der Waals surface area contributed by atoms with Gasteiger partial charge in [0.1, 0.15) is 17.2 Å². The van der Waals surface area contributed by atoms with Crippen molar-refractivity contribution in [3.63, 3.8) is 0 Å². The zero-order chi connectivity index (χ0) is 30.7. The van der Waals surface area contributed by atoms with Crippen LogP contribution in [0.5, 0.6) is 5.75 Å². The Morgan fingerprint density at radius 3 is 2.58 bits per heavy atom. The summed E-state index contributed by atoms with van der Waals surface area (Å²) in [5.41, 5.74) is 3.47. The summed E-state index contributed by atoms with van der Waals surface area (Å²) in [6.07, 6.45) is 2.36. The molecule has 8 heteroatoms. The molecule has 0 N–H and O–H groups in total. The minimum Gasteiger partial charge on any atom is -0.487 e. The van der Waals surface area contributed by atoms with Gasteiger partial charge in [0, 0.05) is 56.7 Å². The van der Waals surface area contributed by atoms with E-state index < -0.39 is 11.4 Å². The summed E-state index contributed by atoms with van der Waals surface area (Å²) in [7, 11) is 2.06. The van der Waals surface area contributed by atoms with Gasteiger partial charge in [0.2, 0.25) is 5.91 Å². The number of carbonyl (C=O) groups is 2. The van der Waals surface area contributed by atoms with Gasteiger partial charge in [-0.2, -0.15) is 0 Å². The van der Waals surface area contributed by atoms with Crippen LogP contribution in [0.2, 0.25) is 5.02 Å².